The minimum Gasteiger partial charge on any atom is -0.479 e. The third-order valence-corrected chi connectivity index (χ3v) is 3.03. The number of nitrogens with one attached hydrogen (secondary N) is 1. The van der Waals surface area contributed by atoms with Crippen molar-refractivity contribution in [2.75, 3.05) is 6.61 Å². The monoisotopic (exact) mass is 260 g/mol. The van der Waals surface area contributed by atoms with Crippen LogP contribution in [-0.2, 0) is 6.54 Å². The van der Waals surface area contributed by atoms with Crippen molar-refractivity contribution in [2.24, 2.45) is 5.92 Å². The van der Waals surface area contributed by atoms with E-state index in [4.69, 9.17) is 10.00 Å². The summed E-state index contributed by atoms with van der Waals surface area (Å²) in [5.74, 6) is 1.52. The first-order valence-electron chi connectivity index (χ1n) is 6.94. The number of hydrogen-bond donors (Lipinski definition) is 1. The molecule has 0 radical (unpaired) electrons. The SMILES string of the molecule is CC(C)CCC(C)NCc1cccc(OCC#N)c1. The van der Waals surface area contributed by atoms with Crippen LogP contribution in [-0.4, -0.2) is 12.6 Å². The van der Waals surface area contributed by atoms with E-state index in [0.29, 0.717) is 6.04 Å². The first-order chi connectivity index (χ1) is 9.11. The van der Waals surface area contributed by atoms with Crippen molar-refractivity contribution in [3.05, 3.63) is 29.8 Å². The van der Waals surface area contributed by atoms with E-state index in [2.05, 4.69) is 32.2 Å². The molecule has 0 aliphatic carbocycles. The van der Waals surface area contributed by atoms with Crippen molar-refractivity contribution in [1.82, 2.24) is 5.32 Å². The zero-order chi connectivity index (χ0) is 14.1. The van der Waals surface area contributed by atoms with Crippen molar-refractivity contribution in [2.45, 2.75) is 46.2 Å². The van der Waals surface area contributed by atoms with E-state index < -0.39 is 0 Å². The molecule has 0 aromatic heterocycles. The van der Waals surface area contributed by atoms with E-state index in [1.54, 1.807) is 0 Å². The van der Waals surface area contributed by atoms with Crippen molar-refractivity contribution < 1.29 is 4.74 Å². The molecule has 1 aromatic rings. The van der Waals surface area contributed by atoms with Crippen molar-refractivity contribution in [1.29, 1.82) is 5.26 Å². The van der Waals surface area contributed by atoms with Gasteiger partial charge in [-0.2, -0.15) is 5.26 Å². The Morgan fingerprint density at radius 3 is 2.74 bits per heavy atom. The van der Waals surface area contributed by atoms with E-state index in [-0.39, 0.29) is 6.61 Å². The zero-order valence-electron chi connectivity index (χ0n) is 12.1. The van der Waals surface area contributed by atoms with Gasteiger partial charge in [0, 0.05) is 12.6 Å². The number of hydrogen-bond acceptors (Lipinski definition) is 3. The molecule has 0 saturated heterocycles. The first kappa shape index (κ1) is 15.5. The summed E-state index contributed by atoms with van der Waals surface area (Å²) in [5.41, 5.74) is 1.19. The van der Waals surface area contributed by atoms with Gasteiger partial charge in [0.05, 0.1) is 0 Å². The Kier molecular flexibility index (Phi) is 6.99. The predicted molar refractivity (Wildman–Crippen MR) is 77.9 cm³/mol. The highest BCUT2D eigenvalue weighted by molar-refractivity contribution is 5.28. The van der Waals surface area contributed by atoms with Crippen molar-refractivity contribution >= 4 is 0 Å². The maximum absolute atomic E-state index is 8.49. The maximum Gasteiger partial charge on any atom is 0.174 e. The molecule has 1 atom stereocenters. The first-order valence-corrected chi connectivity index (χ1v) is 6.94. The van der Waals surface area contributed by atoms with Crippen LogP contribution in [0.2, 0.25) is 0 Å². The Bertz CT molecular complexity index is 409. The van der Waals surface area contributed by atoms with Gasteiger partial charge in [0.15, 0.2) is 6.61 Å². The lowest BCUT2D eigenvalue weighted by Gasteiger charge is -2.15. The lowest BCUT2D eigenvalue weighted by atomic mass is 10.0. The standard InChI is InChI=1S/C16H24N2O/c1-13(2)7-8-14(3)18-12-15-5-4-6-16(11-15)19-10-9-17/h4-6,11,13-14,18H,7-8,10,12H2,1-3H3. The summed E-state index contributed by atoms with van der Waals surface area (Å²) in [5, 5.41) is 12.0. The number of nitriles is 1. The van der Waals surface area contributed by atoms with Gasteiger partial charge >= 0.3 is 0 Å². The molecule has 0 aliphatic rings. The topological polar surface area (TPSA) is 45.0 Å². The van der Waals surface area contributed by atoms with Gasteiger partial charge in [-0.15, -0.1) is 0 Å². The summed E-state index contributed by atoms with van der Waals surface area (Å²) in [6.45, 7) is 7.66. The number of ether oxygens (including phenoxy) is 1. The zero-order valence-corrected chi connectivity index (χ0v) is 12.1. The molecule has 0 aliphatic heterocycles. The van der Waals surface area contributed by atoms with Gasteiger partial charge in [0.25, 0.3) is 0 Å². The highest BCUT2D eigenvalue weighted by Gasteiger charge is 2.04. The van der Waals surface area contributed by atoms with Crippen LogP contribution in [0.5, 0.6) is 5.75 Å². The van der Waals surface area contributed by atoms with E-state index in [9.17, 15) is 0 Å². The van der Waals surface area contributed by atoms with E-state index in [0.717, 1.165) is 18.2 Å². The molecule has 1 rings (SSSR count). The molecule has 0 heterocycles. The quantitative estimate of drug-likeness (QED) is 0.778. The Hall–Kier alpha value is -1.53. The lowest BCUT2D eigenvalue weighted by Crippen LogP contribution is -2.25. The number of benzene rings is 1. The predicted octanol–water partition coefficient (Wildman–Crippen LogP) is 3.50. The van der Waals surface area contributed by atoms with Gasteiger partial charge in [0.2, 0.25) is 0 Å². The molecule has 104 valence electrons. The summed E-state index contributed by atoms with van der Waals surface area (Å²) < 4.78 is 5.29. The molecule has 0 saturated carbocycles. The highest BCUT2D eigenvalue weighted by Crippen LogP contribution is 2.13. The van der Waals surface area contributed by atoms with Crippen molar-refractivity contribution in [3.63, 3.8) is 0 Å². The van der Waals surface area contributed by atoms with E-state index in [1.165, 1.54) is 18.4 Å². The van der Waals surface area contributed by atoms with Crippen LogP contribution in [0, 0.1) is 17.2 Å². The molecule has 0 spiro atoms. The molecule has 19 heavy (non-hydrogen) atoms. The molecule has 1 unspecified atom stereocenters. The van der Waals surface area contributed by atoms with E-state index in [1.807, 2.05) is 24.3 Å². The van der Waals surface area contributed by atoms with Crippen LogP contribution in [0.3, 0.4) is 0 Å². The van der Waals surface area contributed by atoms with Crippen LogP contribution in [0.25, 0.3) is 0 Å². The van der Waals surface area contributed by atoms with Crippen LogP contribution in [0.1, 0.15) is 39.2 Å². The molecule has 1 N–H and O–H groups in total. The second-order valence-electron chi connectivity index (χ2n) is 5.35. The third-order valence-electron chi connectivity index (χ3n) is 3.03. The number of nitrogens with zero attached hydrogens (tertiary/aromatic N) is 1. The highest BCUT2D eigenvalue weighted by atomic mass is 16.5. The molecule has 1 aromatic carbocycles. The van der Waals surface area contributed by atoms with Gasteiger partial charge in [0.1, 0.15) is 11.8 Å². The second-order valence-corrected chi connectivity index (χ2v) is 5.35. The smallest absolute Gasteiger partial charge is 0.174 e. The molecule has 0 amide bonds. The Balaban J connectivity index is 2.38. The fourth-order valence-corrected chi connectivity index (χ4v) is 1.84. The van der Waals surface area contributed by atoms with E-state index >= 15 is 0 Å². The van der Waals surface area contributed by atoms with Gasteiger partial charge in [-0.05, 0) is 43.4 Å². The molecule has 3 nitrogen and oxygen atoms in total. The van der Waals surface area contributed by atoms with Gasteiger partial charge in [-0.3, -0.25) is 0 Å². The lowest BCUT2D eigenvalue weighted by molar-refractivity contribution is 0.367. The average molecular weight is 260 g/mol. The summed E-state index contributed by atoms with van der Waals surface area (Å²) in [7, 11) is 0. The second kappa shape index (κ2) is 8.55. The fourth-order valence-electron chi connectivity index (χ4n) is 1.84. The Morgan fingerprint density at radius 1 is 1.26 bits per heavy atom. The normalized spacial score (nSPS) is 12.2. The molecular weight excluding hydrogens is 236 g/mol. The summed E-state index contributed by atoms with van der Waals surface area (Å²) in [4.78, 5) is 0. The largest absolute Gasteiger partial charge is 0.479 e. The molecule has 0 bridgehead atoms. The minimum atomic E-state index is 0.0989. The molecule has 0 fully saturated rings. The average Bonchev–Trinajstić information content (AvgIpc) is 2.41. The summed E-state index contributed by atoms with van der Waals surface area (Å²) in [6.07, 6.45) is 2.45. The van der Waals surface area contributed by atoms with Crippen LogP contribution >= 0.6 is 0 Å². The third kappa shape index (κ3) is 6.83. The van der Waals surface area contributed by atoms with Crippen LogP contribution < -0.4 is 10.1 Å². The molecular formula is C16H24N2O. The fraction of sp³-hybridized carbons (Fsp3) is 0.562. The van der Waals surface area contributed by atoms with Gasteiger partial charge < -0.3 is 10.1 Å². The number of rotatable bonds is 8. The summed E-state index contributed by atoms with van der Waals surface area (Å²) >= 11 is 0. The van der Waals surface area contributed by atoms with Crippen LogP contribution in [0.15, 0.2) is 24.3 Å². The Labute approximate surface area is 116 Å². The van der Waals surface area contributed by atoms with Crippen molar-refractivity contribution in [3.8, 4) is 11.8 Å². The summed E-state index contributed by atoms with van der Waals surface area (Å²) in [6, 6.07) is 10.4. The minimum absolute atomic E-state index is 0.0989. The van der Waals surface area contributed by atoms with Crippen LogP contribution in [0.4, 0.5) is 0 Å². The Morgan fingerprint density at radius 2 is 2.05 bits per heavy atom. The van der Waals surface area contributed by atoms with Gasteiger partial charge in [-0.1, -0.05) is 26.0 Å². The molecule has 3 heteroatoms. The maximum atomic E-state index is 8.49. The van der Waals surface area contributed by atoms with Gasteiger partial charge in [-0.25, -0.2) is 0 Å².